The quantitative estimate of drug-likeness (QED) is 0.651. The van der Waals surface area contributed by atoms with Crippen LogP contribution in [0.5, 0.6) is 0 Å². The van der Waals surface area contributed by atoms with Gasteiger partial charge < -0.3 is 5.73 Å². The van der Waals surface area contributed by atoms with Crippen LogP contribution in [-0.4, -0.2) is 11.3 Å². The first-order chi connectivity index (χ1) is 4.70. The van der Waals surface area contributed by atoms with Gasteiger partial charge in [0.2, 0.25) is 5.24 Å². The predicted octanol–water partition coefficient (Wildman–Crippen LogP) is 1.69. The molecule has 0 radical (unpaired) electrons. The van der Waals surface area contributed by atoms with Crippen LogP contribution in [0.4, 0.5) is 0 Å². The van der Waals surface area contributed by atoms with Crippen molar-refractivity contribution in [1.29, 1.82) is 0 Å². The summed E-state index contributed by atoms with van der Waals surface area (Å²) in [6.45, 7) is 0. The summed E-state index contributed by atoms with van der Waals surface area (Å²) in [5, 5.41) is -0.188. The molecule has 2 N–H and O–H groups in total. The second kappa shape index (κ2) is 4.96. The maximum absolute atomic E-state index is 10.6. The minimum Gasteiger partial charge on any atom is -0.328 e. The van der Waals surface area contributed by atoms with E-state index in [-0.39, 0.29) is 23.6 Å². The van der Waals surface area contributed by atoms with E-state index in [1.807, 2.05) is 0 Å². The van der Waals surface area contributed by atoms with Gasteiger partial charge in [-0.1, -0.05) is 0 Å². The van der Waals surface area contributed by atoms with Crippen molar-refractivity contribution < 1.29 is 4.79 Å². The van der Waals surface area contributed by atoms with Crippen LogP contribution in [0.1, 0.15) is 25.7 Å². The Morgan fingerprint density at radius 2 is 1.73 bits per heavy atom. The number of nitrogens with two attached hydrogens (primary N) is 1. The van der Waals surface area contributed by atoms with E-state index in [2.05, 4.69) is 0 Å². The van der Waals surface area contributed by atoms with Gasteiger partial charge in [0.25, 0.3) is 0 Å². The third-order valence-corrected chi connectivity index (χ3v) is 2.40. The van der Waals surface area contributed by atoms with E-state index in [1.54, 1.807) is 0 Å². The van der Waals surface area contributed by atoms with Gasteiger partial charge in [0.1, 0.15) is 0 Å². The summed E-state index contributed by atoms with van der Waals surface area (Å²) >= 11 is 5.32. The monoisotopic (exact) mass is 197 g/mol. The highest BCUT2D eigenvalue weighted by molar-refractivity contribution is 6.63. The Kier molecular flexibility index (Phi) is 5.06. The molecule has 2 nitrogen and oxygen atoms in total. The molecule has 0 aromatic heterocycles. The average molecular weight is 198 g/mol. The highest BCUT2D eigenvalue weighted by Gasteiger charge is 2.22. The molecule has 0 saturated heterocycles. The number of carbonyl (C=O) groups is 1. The van der Waals surface area contributed by atoms with Crippen molar-refractivity contribution in [3.8, 4) is 0 Å². The Balaban J connectivity index is 0.000001000. The standard InChI is InChI=1S/C7H12ClNO.ClH/c8-7(10)5-1-3-6(9)4-2-5;/h5-6H,1-4,9H2;1H. The molecular weight excluding hydrogens is 185 g/mol. The summed E-state index contributed by atoms with van der Waals surface area (Å²) in [6, 6.07) is 0.298. The lowest BCUT2D eigenvalue weighted by atomic mass is 9.87. The van der Waals surface area contributed by atoms with Crippen molar-refractivity contribution in [2.45, 2.75) is 31.7 Å². The SMILES string of the molecule is Cl.NC1CCC(C(=O)Cl)CC1. The van der Waals surface area contributed by atoms with E-state index in [1.165, 1.54) is 0 Å². The number of hydrogen-bond donors (Lipinski definition) is 1. The lowest BCUT2D eigenvalue weighted by Crippen LogP contribution is -2.28. The fraction of sp³-hybridized carbons (Fsp3) is 0.857. The predicted molar refractivity (Wildman–Crippen MR) is 48.0 cm³/mol. The van der Waals surface area contributed by atoms with E-state index >= 15 is 0 Å². The first kappa shape index (κ1) is 11.2. The molecule has 1 fully saturated rings. The van der Waals surface area contributed by atoms with Gasteiger partial charge in [0, 0.05) is 12.0 Å². The highest BCUT2D eigenvalue weighted by atomic mass is 35.5. The van der Waals surface area contributed by atoms with Gasteiger partial charge >= 0.3 is 0 Å². The van der Waals surface area contributed by atoms with Gasteiger partial charge in [-0.3, -0.25) is 4.79 Å². The molecule has 1 aliphatic carbocycles. The van der Waals surface area contributed by atoms with Crippen molar-refractivity contribution in [1.82, 2.24) is 0 Å². The summed E-state index contributed by atoms with van der Waals surface area (Å²) < 4.78 is 0. The van der Waals surface area contributed by atoms with Crippen LogP contribution in [0.2, 0.25) is 0 Å². The lowest BCUT2D eigenvalue weighted by Gasteiger charge is -2.22. The topological polar surface area (TPSA) is 43.1 Å². The summed E-state index contributed by atoms with van der Waals surface area (Å²) in [5.41, 5.74) is 5.64. The van der Waals surface area contributed by atoms with E-state index in [0.29, 0.717) is 6.04 Å². The lowest BCUT2D eigenvalue weighted by molar-refractivity contribution is -0.116. The molecule has 0 aromatic carbocycles. The van der Waals surface area contributed by atoms with Crippen LogP contribution >= 0.6 is 24.0 Å². The van der Waals surface area contributed by atoms with Gasteiger partial charge in [-0.05, 0) is 37.3 Å². The summed E-state index contributed by atoms with van der Waals surface area (Å²) in [7, 11) is 0. The molecule has 0 aromatic rings. The number of rotatable bonds is 1. The smallest absolute Gasteiger partial charge is 0.224 e. The van der Waals surface area contributed by atoms with Gasteiger partial charge in [-0.25, -0.2) is 0 Å². The number of carbonyl (C=O) groups excluding carboxylic acids is 1. The Bertz CT molecular complexity index is 132. The van der Waals surface area contributed by atoms with Gasteiger partial charge in [0.15, 0.2) is 0 Å². The van der Waals surface area contributed by atoms with E-state index < -0.39 is 0 Å². The zero-order valence-electron chi connectivity index (χ0n) is 6.25. The van der Waals surface area contributed by atoms with Crippen LogP contribution in [0, 0.1) is 5.92 Å². The van der Waals surface area contributed by atoms with Crippen LogP contribution in [-0.2, 0) is 4.79 Å². The zero-order valence-corrected chi connectivity index (χ0v) is 7.83. The van der Waals surface area contributed by atoms with Crippen LogP contribution in [0.3, 0.4) is 0 Å². The zero-order chi connectivity index (χ0) is 7.56. The molecule has 0 spiro atoms. The van der Waals surface area contributed by atoms with E-state index in [9.17, 15) is 4.79 Å². The third kappa shape index (κ3) is 3.41. The molecule has 0 amide bonds. The van der Waals surface area contributed by atoms with Crippen molar-refractivity contribution in [3.05, 3.63) is 0 Å². The van der Waals surface area contributed by atoms with Crippen molar-refractivity contribution >= 4 is 29.3 Å². The molecule has 1 aliphatic rings. The Hall–Kier alpha value is 0.210. The maximum atomic E-state index is 10.6. The molecular formula is C7H13Cl2NO. The fourth-order valence-electron chi connectivity index (χ4n) is 1.35. The molecule has 11 heavy (non-hydrogen) atoms. The summed E-state index contributed by atoms with van der Waals surface area (Å²) in [5.74, 6) is 0.0847. The molecule has 0 unspecified atom stereocenters. The Morgan fingerprint density at radius 1 is 1.27 bits per heavy atom. The van der Waals surface area contributed by atoms with Crippen molar-refractivity contribution in [2.24, 2.45) is 11.7 Å². The average Bonchev–Trinajstić information content (AvgIpc) is 1.88. The second-order valence-electron chi connectivity index (χ2n) is 2.92. The first-order valence-electron chi connectivity index (χ1n) is 3.65. The molecule has 4 heteroatoms. The Morgan fingerprint density at radius 3 is 2.09 bits per heavy atom. The van der Waals surface area contributed by atoms with Crippen LogP contribution < -0.4 is 5.73 Å². The number of halogens is 2. The van der Waals surface area contributed by atoms with E-state index in [4.69, 9.17) is 17.3 Å². The normalized spacial score (nSPS) is 30.7. The highest BCUT2D eigenvalue weighted by Crippen LogP contribution is 2.24. The maximum Gasteiger partial charge on any atom is 0.224 e. The molecule has 0 heterocycles. The van der Waals surface area contributed by atoms with Gasteiger partial charge in [-0.15, -0.1) is 12.4 Å². The second-order valence-corrected chi connectivity index (χ2v) is 3.29. The Labute approximate surface area is 77.9 Å². The molecule has 0 atom stereocenters. The first-order valence-corrected chi connectivity index (χ1v) is 4.03. The fourth-order valence-corrected chi connectivity index (χ4v) is 1.56. The molecule has 0 bridgehead atoms. The van der Waals surface area contributed by atoms with Crippen molar-refractivity contribution in [2.75, 3.05) is 0 Å². The minimum atomic E-state index is -0.188. The van der Waals surface area contributed by atoms with Gasteiger partial charge in [-0.2, -0.15) is 0 Å². The minimum absolute atomic E-state index is 0. The molecule has 1 rings (SSSR count). The number of hydrogen-bond acceptors (Lipinski definition) is 2. The largest absolute Gasteiger partial charge is 0.328 e. The molecule has 1 saturated carbocycles. The van der Waals surface area contributed by atoms with Crippen molar-refractivity contribution in [3.63, 3.8) is 0 Å². The van der Waals surface area contributed by atoms with Crippen LogP contribution in [0.15, 0.2) is 0 Å². The third-order valence-electron chi connectivity index (χ3n) is 2.09. The van der Waals surface area contributed by atoms with Gasteiger partial charge in [0.05, 0.1) is 0 Å². The van der Waals surface area contributed by atoms with Crippen LogP contribution in [0.25, 0.3) is 0 Å². The van der Waals surface area contributed by atoms with E-state index in [0.717, 1.165) is 25.7 Å². The molecule has 0 aliphatic heterocycles. The summed E-state index contributed by atoms with van der Waals surface area (Å²) in [4.78, 5) is 10.6. The summed E-state index contributed by atoms with van der Waals surface area (Å²) in [6.07, 6.45) is 3.65. The molecule has 66 valence electrons.